The van der Waals surface area contributed by atoms with Crippen molar-refractivity contribution < 1.29 is 32.2 Å². The monoisotopic (exact) mass is 636 g/mol. The Kier molecular flexibility index (Phi) is 11.7. The molecule has 1 aromatic rings. The van der Waals surface area contributed by atoms with Crippen LogP contribution in [0.4, 0.5) is 13.2 Å². The van der Waals surface area contributed by atoms with Crippen LogP contribution in [0.1, 0.15) is 38.3 Å². The second-order valence-electron chi connectivity index (χ2n) is 10.5. The number of amides is 2. The van der Waals surface area contributed by atoms with Crippen LogP contribution in [0.3, 0.4) is 0 Å². The predicted molar refractivity (Wildman–Crippen MR) is 166 cm³/mol. The molecule has 0 bridgehead atoms. The SMILES string of the molecule is CC(=CC=C1SC(N2CCOCC2)=NC1=O)c1cccc(C(F)(F)F)c1.CC(C)CC=C1SC(N2CCOCC2)=NC1=O. The Labute approximate surface area is 258 Å². The lowest BCUT2D eigenvalue weighted by atomic mass is 10.0. The van der Waals surface area contributed by atoms with E-state index in [1.165, 1.54) is 29.6 Å². The molecule has 4 heterocycles. The average Bonchev–Trinajstić information content (AvgIpc) is 3.57. The van der Waals surface area contributed by atoms with Gasteiger partial charge in [0, 0.05) is 26.2 Å². The number of hydrogen-bond acceptors (Lipinski definition) is 8. The third-order valence-corrected chi connectivity index (χ3v) is 8.84. The molecule has 5 rings (SSSR count). The summed E-state index contributed by atoms with van der Waals surface area (Å²) in [5, 5.41) is 1.49. The number of allylic oxidation sites excluding steroid dienone is 4. The number of rotatable bonds is 4. The van der Waals surface area contributed by atoms with E-state index >= 15 is 0 Å². The molecule has 2 saturated heterocycles. The van der Waals surface area contributed by atoms with E-state index in [0.717, 1.165) is 54.9 Å². The Balaban J connectivity index is 0.000000215. The van der Waals surface area contributed by atoms with Crippen molar-refractivity contribution in [1.82, 2.24) is 9.80 Å². The lowest BCUT2D eigenvalue weighted by molar-refractivity contribution is -0.137. The van der Waals surface area contributed by atoms with E-state index in [2.05, 4.69) is 28.7 Å². The first-order valence-corrected chi connectivity index (χ1v) is 15.7. The van der Waals surface area contributed by atoms with Gasteiger partial charge in [0.05, 0.1) is 41.8 Å². The summed E-state index contributed by atoms with van der Waals surface area (Å²) in [5.74, 6) is 0.157. The number of carbonyl (C=O) groups is 2. The Morgan fingerprint density at radius 2 is 1.47 bits per heavy atom. The highest BCUT2D eigenvalue weighted by molar-refractivity contribution is 8.18. The minimum Gasteiger partial charge on any atom is -0.378 e. The first kappa shape index (κ1) is 33.0. The number of aliphatic imine (C=N–C) groups is 2. The number of ether oxygens (including phenoxy) is 2. The van der Waals surface area contributed by atoms with Crippen LogP contribution < -0.4 is 0 Å². The van der Waals surface area contributed by atoms with Crippen molar-refractivity contribution >= 4 is 51.2 Å². The quantitative estimate of drug-likeness (QED) is 0.382. The molecule has 0 aliphatic carbocycles. The van der Waals surface area contributed by atoms with E-state index in [1.807, 2.05) is 11.0 Å². The highest BCUT2D eigenvalue weighted by atomic mass is 32.2. The fourth-order valence-electron chi connectivity index (χ4n) is 4.21. The van der Waals surface area contributed by atoms with E-state index in [0.29, 0.717) is 53.4 Å². The van der Waals surface area contributed by atoms with Crippen LogP contribution in [0.2, 0.25) is 0 Å². The summed E-state index contributed by atoms with van der Waals surface area (Å²) in [4.78, 5) is 37.3. The molecule has 0 aromatic heterocycles. The number of thioether (sulfide) groups is 2. The molecule has 0 radical (unpaired) electrons. The van der Waals surface area contributed by atoms with Crippen molar-refractivity contribution in [3.8, 4) is 0 Å². The number of amidine groups is 2. The van der Waals surface area contributed by atoms with Crippen LogP contribution in [-0.4, -0.2) is 84.6 Å². The van der Waals surface area contributed by atoms with Crippen LogP contribution in [0.5, 0.6) is 0 Å². The van der Waals surface area contributed by atoms with Gasteiger partial charge < -0.3 is 19.3 Å². The minimum atomic E-state index is -4.38. The molecular weight excluding hydrogens is 601 g/mol. The van der Waals surface area contributed by atoms with Gasteiger partial charge in [-0.1, -0.05) is 38.1 Å². The maximum atomic E-state index is 12.8. The first-order valence-electron chi connectivity index (χ1n) is 14.0. The van der Waals surface area contributed by atoms with Crippen LogP contribution >= 0.6 is 23.5 Å². The molecule has 0 unspecified atom stereocenters. The maximum Gasteiger partial charge on any atom is 0.416 e. The first-order chi connectivity index (χ1) is 20.5. The van der Waals surface area contributed by atoms with Gasteiger partial charge in [0.2, 0.25) is 0 Å². The smallest absolute Gasteiger partial charge is 0.378 e. The van der Waals surface area contributed by atoms with E-state index in [-0.39, 0.29) is 11.8 Å². The van der Waals surface area contributed by atoms with Gasteiger partial charge in [-0.15, -0.1) is 0 Å². The Hall–Kier alpha value is -2.87. The van der Waals surface area contributed by atoms with Gasteiger partial charge in [0.1, 0.15) is 0 Å². The van der Waals surface area contributed by atoms with Crippen molar-refractivity contribution in [1.29, 1.82) is 0 Å². The zero-order valence-corrected chi connectivity index (χ0v) is 26.0. The van der Waals surface area contributed by atoms with Gasteiger partial charge >= 0.3 is 6.18 Å². The average molecular weight is 637 g/mol. The predicted octanol–water partition coefficient (Wildman–Crippen LogP) is 5.83. The van der Waals surface area contributed by atoms with Gasteiger partial charge in [0.25, 0.3) is 11.8 Å². The second-order valence-corrected chi connectivity index (χ2v) is 12.5. The standard InChI is InChI=1S/C18H17F3N2O2S.C12H18N2O2S/c1-12(13-3-2-4-14(11-13)18(19,20)21)5-6-15-16(24)22-17(26-15)23-7-9-25-10-8-23;1-9(2)3-4-10-11(15)13-12(17-10)14-5-7-16-8-6-14/h2-6,11H,7-10H2,1H3;4,9H,3,5-8H2,1-2H3. The van der Waals surface area contributed by atoms with Crippen LogP contribution in [0.15, 0.2) is 62.3 Å². The topological polar surface area (TPSA) is 83.8 Å². The molecule has 4 aliphatic heterocycles. The molecule has 2 amide bonds. The molecule has 13 heteroatoms. The lowest BCUT2D eigenvalue weighted by Crippen LogP contribution is -2.38. The highest BCUT2D eigenvalue weighted by Gasteiger charge is 2.31. The number of benzene rings is 1. The summed E-state index contributed by atoms with van der Waals surface area (Å²) in [6.45, 7) is 11.7. The molecule has 4 aliphatic rings. The molecule has 8 nitrogen and oxygen atoms in total. The number of carbonyl (C=O) groups excluding carboxylic acids is 2. The number of nitrogens with zero attached hydrogens (tertiary/aromatic N) is 4. The van der Waals surface area contributed by atoms with Crippen LogP contribution in [0, 0.1) is 5.92 Å². The Bertz CT molecular complexity index is 1340. The van der Waals surface area contributed by atoms with Gasteiger partial charge in [-0.2, -0.15) is 23.2 Å². The molecule has 0 N–H and O–H groups in total. The van der Waals surface area contributed by atoms with E-state index in [1.54, 1.807) is 25.1 Å². The minimum absolute atomic E-state index is 0.0860. The van der Waals surface area contributed by atoms with Crippen molar-refractivity contribution in [3.05, 3.63) is 63.4 Å². The van der Waals surface area contributed by atoms with Gasteiger partial charge in [-0.3, -0.25) is 9.59 Å². The molecule has 232 valence electrons. The van der Waals surface area contributed by atoms with Crippen LogP contribution in [-0.2, 0) is 25.2 Å². The molecule has 0 atom stereocenters. The number of morpholine rings is 2. The van der Waals surface area contributed by atoms with E-state index < -0.39 is 11.7 Å². The summed E-state index contributed by atoms with van der Waals surface area (Å²) >= 11 is 2.78. The van der Waals surface area contributed by atoms with Crippen molar-refractivity contribution in [2.24, 2.45) is 15.9 Å². The van der Waals surface area contributed by atoms with Gasteiger partial charge in [-0.25, -0.2) is 0 Å². The lowest BCUT2D eigenvalue weighted by Gasteiger charge is -2.27. The van der Waals surface area contributed by atoms with Crippen LogP contribution in [0.25, 0.3) is 5.57 Å². The normalized spacial score (nSPS) is 21.9. The Morgan fingerprint density at radius 3 is 2.00 bits per heavy atom. The summed E-state index contributed by atoms with van der Waals surface area (Å²) in [6.07, 6.45) is 1.81. The van der Waals surface area contributed by atoms with Gasteiger partial charge in [-0.05, 0) is 72.1 Å². The molecule has 1 aromatic carbocycles. The fourth-order valence-corrected chi connectivity index (χ4v) is 6.06. The second kappa shape index (κ2) is 15.2. The summed E-state index contributed by atoms with van der Waals surface area (Å²) < 4.78 is 49.0. The zero-order valence-electron chi connectivity index (χ0n) is 24.4. The molecular formula is C30H35F3N4O4S2. The summed E-state index contributed by atoms with van der Waals surface area (Å²) in [7, 11) is 0. The third kappa shape index (κ3) is 9.56. The zero-order chi connectivity index (χ0) is 31.0. The Morgan fingerprint density at radius 1 is 0.930 bits per heavy atom. The highest BCUT2D eigenvalue weighted by Crippen LogP contribution is 2.32. The van der Waals surface area contributed by atoms with Gasteiger partial charge in [0.15, 0.2) is 10.3 Å². The number of alkyl halides is 3. The summed E-state index contributed by atoms with van der Waals surface area (Å²) in [6, 6.07) is 5.12. The fraction of sp³-hybridized carbons (Fsp3) is 0.467. The summed E-state index contributed by atoms with van der Waals surface area (Å²) in [5.41, 5.74) is 0.401. The van der Waals surface area contributed by atoms with Crippen molar-refractivity contribution in [2.75, 3.05) is 52.6 Å². The largest absolute Gasteiger partial charge is 0.416 e. The number of hydrogen-bond donors (Lipinski definition) is 0. The number of halogens is 3. The molecule has 43 heavy (non-hydrogen) atoms. The molecule has 0 saturated carbocycles. The van der Waals surface area contributed by atoms with Crippen molar-refractivity contribution in [2.45, 2.75) is 33.4 Å². The van der Waals surface area contributed by atoms with Crippen molar-refractivity contribution in [3.63, 3.8) is 0 Å². The van der Waals surface area contributed by atoms with E-state index in [4.69, 9.17) is 9.47 Å². The maximum absolute atomic E-state index is 12.8. The molecule has 2 fully saturated rings. The third-order valence-electron chi connectivity index (χ3n) is 6.69. The van der Waals surface area contributed by atoms with E-state index in [9.17, 15) is 22.8 Å². The molecule has 0 spiro atoms.